The molecule has 1 atom stereocenters. The highest BCUT2D eigenvalue weighted by Crippen LogP contribution is 2.25. The van der Waals surface area contributed by atoms with Crippen molar-refractivity contribution in [2.24, 2.45) is 0 Å². The van der Waals surface area contributed by atoms with Crippen molar-refractivity contribution < 1.29 is 19.0 Å². The molecule has 0 bridgehead atoms. The molecule has 0 heterocycles. The van der Waals surface area contributed by atoms with Gasteiger partial charge in [0.15, 0.2) is 6.10 Å². The van der Waals surface area contributed by atoms with Crippen molar-refractivity contribution in [3.05, 3.63) is 53.6 Å². The topological polar surface area (TPSA) is 48.0 Å². The molecule has 0 saturated heterocycles. The lowest BCUT2D eigenvalue weighted by Gasteiger charge is -2.15. The molecule has 0 N–H and O–H groups in total. The number of carbonyl (C=O) groups is 1. The van der Waals surface area contributed by atoms with E-state index in [1.807, 2.05) is 19.0 Å². The van der Waals surface area contributed by atoms with E-state index in [2.05, 4.69) is 0 Å². The second-order valence-electron chi connectivity index (χ2n) is 5.76. The Morgan fingerprint density at radius 1 is 1.00 bits per heavy atom. The summed E-state index contributed by atoms with van der Waals surface area (Å²) in [4.78, 5) is 13.8. The van der Waals surface area contributed by atoms with Crippen LogP contribution in [0.1, 0.15) is 6.92 Å². The van der Waals surface area contributed by atoms with E-state index in [9.17, 15) is 4.79 Å². The highest BCUT2D eigenvalue weighted by atomic mass is 35.5. The highest BCUT2D eigenvalue weighted by molar-refractivity contribution is 6.30. The third-order valence-electron chi connectivity index (χ3n) is 3.30. The van der Waals surface area contributed by atoms with Gasteiger partial charge in [-0.05, 0) is 69.6 Å². The fourth-order valence-corrected chi connectivity index (χ4v) is 2.05. The van der Waals surface area contributed by atoms with Gasteiger partial charge in [0.05, 0.1) is 0 Å². The molecule has 0 aliphatic carbocycles. The average Bonchev–Trinajstić information content (AvgIpc) is 2.58. The first kappa shape index (κ1) is 19.1. The molecule has 134 valence electrons. The summed E-state index contributed by atoms with van der Waals surface area (Å²) in [5.41, 5.74) is 0. The summed E-state index contributed by atoms with van der Waals surface area (Å²) in [5.74, 6) is 1.54. The minimum atomic E-state index is -0.676. The molecule has 25 heavy (non-hydrogen) atoms. The molecule has 1 unspecified atom stereocenters. The summed E-state index contributed by atoms with van der Waals surface area (Å²) in [6.07, 6.45) is -0.676. The smallest absolute Gasteiger partial charge is 0.347 e. The van der Waals surface area contributed by atoms with E-state index in [0.29, 0.717) is 35.4 Å². The fourth-order valence-electron chi connectivity index (χ4n) is 1.92. The third-order valence-corrected chi connectivity index (χ3v) is 3.55. The van der Waals surface area contributed by atoms with E-state index in [0.717, 1.165) is 0 Å². The Hall–Kier alpha value is -2.24. The molecule has 0 saturated carbocycles. The minimum Gasteiger partial charge on any atom is -0.479 e. The number of likely N-dealkylation sites (N-methyl/N-ethyl adjacent to an activating group) is 1. The van der Waals surface area contributed by atoms with Gasteiger partial charge in [-0.1, -0.05) is 11.6 Å². The number of carbonyl (C=O) groups excluding carboxylic acids is 1. The number of nitrogens with zero attached hydrogens (tertiary/aromatic N) is 1. The molecule has 2 aromatic carbocycles. The number of benzene rings is 2. The first-order chi connectivity index (χ1) is 11.9. The summed E-state index contributed by atoms with van der Waals surface area (Å²) in [7, 11) is 3.84. The van der Waals surface area contributed by atoms with Crippen molar-refractivity contribution in [1.29, 1.82) is 0 Å². The van der Waals surface area contributed by atoms with Crippen molar-refractivity contribution in [2.75, 3.05) is 27.2 Å². The Morgan fingerprint density at radius 3 is 2.08 bits per heavy atom. The average molecular weight is 364 g/mol. The molecule has 0 radical (unpaired) electrons. The van der Waals surface area contributed by atoms with Crippen LogP contribution in [0.4, 0.5) is 0 Å². The highest BCUT2D eigenvalue weighted by Gasteiger charge is 2.16. The van der Waals surface area contributed by atoms with Crippen LogP contribution < -0.4 is 9.47 Å². The molecule has 0 aliphatic rings. The van der Waals surface area contributed by atoms with Crippen LogP contribution in [0.15, 0.2) is 48.5 Å². The van der Waals surface area contributed by atoms with Crippen LogP contribution in [0.2, 0.25) is 5.02 Å². The van der Waals surface area contributed by atoms with E-state index in [1.165, 1.54) is 0 Å². The standard InChI is InChI=1S/C19H22ClNO4/c1-14(19(22)23-13-12-21(2)3)24-16-8-10-18(11-9-16)25-17-6-4-15(20)5-7-17/h4-11,14H,12-13H2,1-3H3. The Kier molecular flexibility index (Phi) is 7.10. The van der Waals surface area contributed by atoms with Crippen LogP contribution in [0.5, 0.6) is 17.2 Å². The van der Waals surface area contributed by atoms with Gasteiger partial charge in [0, 0.05) is 11.6 Å². The number of esters is 1. The SMILES string of the molecule is CC(Oc1ccc(Oc2ccc(Cl)cc2)cc1)C(=O)OCCN(C)C. The molecule has 0 aliphatic heterocycles. The van der Waals surface area contributed by atoms with Gasteiger partial charge in [0.1, 0.15) is 23.9 Å². The number of ether oxygens (including phenoxy) is 3. The van der Waals surface area contributed by atoms with E-state index >= 15 is 0 Å². The Labute approximate surface area is 153 Å². The molecule has 0 spiro atoms. The van der Waals surface area contributed by atoms with Gasteiger partial charge in [-0.2, -0.15) is 0 Å². The van der Waals surface area contributed by atoms with Crippen molar-refractivity contribution in [3.63, 3.8) is 0 Å². The second-order valence-corrected chi connectivity index (χ2v) is 6.19. The minimum absolute atomic E-state index is 0.341. The predicted molar refractivity (Wildman–Crippen MR) is 97.6 cm³/mol. The quantitative estimate of drug-likeness (QED) is 0.663. The number of rotatable bonds is 8. The summed E-state index contributed by atoms with van der Waals surface area (Å²) >= 11 is 5.84. The molecular weight excluding hydrogens is 342 g/mol. The number of halogens is 1. The molecule has 2 rings (SSSR count). The predicted octanol–water partition coefficient (Wildman–Crippen LogP) is 4.00. The maximum Gasteiger partial charge on any atom is 0.347 e. The molecule has 6 heteroatoms. The van der Waals surface area contributed by atoms with E-state index in [1.54, 1.807) is 55.5 Å². The molecule has 2 aromatic rings. The summed E-state index contributed by atoms with van der Waals surface area (Å²) < 4.78 is 16.5. The van der Waals surface area contributed by atoms with Crippen LogP contribution in [0.25, 0.3) is 0 Å². The molecule has 5 nitrogen and oxygen atoms in total. The van der Waals surface area contributed by atoms with Gasteiger partial charge >= 0.3 is 5.97 Å². The van der Waals surface area contributed by atoms with Crippen molar-refractivity contribution >= 4 is 17.6 Å². The molecule has 0 amide bonds. The number of hydrogen-bond acceptors (Lipinski definition) is 5. The number of hydrogen-bond donors (Lipinski definition) is 0. The van der Waals surface area contributed by atoms with Gasteiger partial charge in [0.2, 0.25) is 0 Å². The third kappa shape index (κ3) is 6.64. The van der Waals surface area contributed by atoms with Gasteiger partial charge < -0.3 is 19.1 Å². The Bertz CT molecular complexity index is 671. The Balaban J connectivity index is 1.84. The van der Waals surface area contributed by atoms with E-state index in [4.69, 9.17) is 25.8 Å². The summed E-state index contributed by atoms with van der Waals surface area (Å²) in [6.45, 7) is 2.68. The largest absolute Gasteiger partial charge is 0.479 e. The van der Waals surface area contributed by atoms with Crippen LogP contribution >= 0.6 is 11.6 Å². The van der Waals surface area contributed by atoms with Gasteiger partial charge in [0.25, 0.3) is 0 Å². The summed E-state index contributed by atoms with van der Waals surface area (Å²) in [5, 5.41) is 0.655. The molecular formula is C19H22ClNO4. The van der Waals surface area contributed by atoms with Crippen molar-refractivity contribution in [2.45, 2.75) is 13.0 Å². The molecule has 0 fully saturated rings. The lowest BCUT2D eigenvalue weighted by atomic mass is 10.3. The second kappa shape index (κ2) is 9.30. The zero-order chi connectivity index (χ0) is 18.2. The lowest BCUT2D eigenvalue weighted by Crippen LogP contribution is -2.29. The maximum absolute atomic E-state index is 11.9. The fraction of sp³-hybridized carbons (Fsp3) is 0.316. The van der Waals surface area contributed by atoms with Crippen LogP contribution in [-0.4, -0.2) is 44.2 Å². The van der Waals surface area contributed by atoms with Gasteiger partial charge in [-0.3, -0.25) is 0 Å². The van der Waals surface area contributed by atoms with Crippen LogP contribution in [0.3, 0.4) is 0 Å². The van der Waals surface area contributed by atoms with Gasteiger partial charge in [-0.25, -0.2) is 4.79 Å². The zero-order valence-corrected chi connectivity index (χ0v) is 15.3. The normalized spacial score (nSPS) is 11.9. The first-order valence-electron chi connectivity index (χ1n) is 7.95. The monoisotopic (exact) mass is 363 g/mol. The van der Waals surface area contributed by atoms with E-state index in [-0.39, 0.29) is 5.97 Å². The first-order valence-corrected chi connectivity index (χ1v) is 8.33. The summed E-state index contributed by atoms with van der Waals surface area (Å²) in [6, 6.07) is 14.1. The van der Waals surface area contributed by atoms with Crippen LogP contribution in [0, 0.1) is 0 Å². The lowest BCUT2D eigenvalue weighted by molar-refractivity contribution is -0.151. The van der Waals surface area contributed by atoms with Crippen molar-refractivity contribution in [1.82, 2.24) is 4.90 Å². The maximum atomic E-state index is 11.9. The zero-order valence-electron chi connectivity index (χ0n) is 14.6. The van der Waals surface area contributed by atoms with Crippen molar-refractivity contribution in [3.8, 4) is 17.2 Å². The Morgan fingerprint density at radius 2 is 1.52 bits per heavy atom. The van der Waals surface area contributed by atoms with Crippen LogP contribution in [-0.2, 0) is 9.53 Å². The van der Waals surface area contributed by atoms with Gasteiger partial charge in [-0.15, -0.1) is 0 Å². The van der Waals surface area contributed by atoms with E-state index < -0.39 is 6.10 Å². The molecule has 0 aromatic heterocycles.